The molecule has 11 rings (SSSR count). The van der Waals surface area contributed by atoms with Crippen LogP contribution in [0.15, 0.2) is 152 Å². The van der Waals surface area contributed by atoms with Gasteiger partial charge in [-0.05, 0) is 90.6 Å². The van der Waals surface area contributed by atoms with Gasteiger partial charge in [-0.3, -0.25) is 0 Å². The number of hydrogen-bond acceptors (Lipinski definition) is 1. The molecule has 0 aliphatic heterocycles. The molecule has 0 fully saturated rings. The van der Waals surface area contributed by atoms with Crippen molar-refractivity contribution >= 4 is 96.4 Å². The van der Waals surface area contributed by atoms with Gasteiger partial charge in [0, 0.05) is 36.6 Å². The number of benzene rings is 9. The molecule has 2 heteroatoms. The number of para-hydroxylation sites is 1. The van der Waals surface area contributed by atoms with Crippen LogP contribution in [0.2, 0.25) is 0 Å². The topological polar surface area (TPSA) is 4.93 Å². The number of rotatable bonds is 2. The van der Waals surface area contributed by atoms with E-state index in [9.17, 15) is 0 Å². The third-order valence-electron chi connectivity index (χ3n) is 10.1. The van der Waals surface area contributed by atoms with Crippen LogP contribution in [0.3, 0.4) is 0 Å². The van der Waals surface area contributed by atoms with E-state index in [1.165, 1.54) is 102 Å². The smallest absolute Gasteiger partial charge is 0.0553 e. The van der Waals surface area contributed by atoms with Crippen molar-refractivity contribution < 1.29 is 0 Å². The molecule has 212 valence electrons. The molecule has 0 bridgehead atoms. The van der Waals surface area contributed by atoms with E-state index in [-0.39, 0.29) is 0 Å². The van der Waals surface area contributed by atoms with Crippen molar-refractivity contribution in [3.05, 3.63) is 152 Å². The Balaban J connectivity index is 1.32. The highest BCUT2D eigenvalue weighted by Crippen LogP contribution is 2.49. The van der Waals surface area contributed by atoms with Gasteiger partial charge in [-0.25, -0.2) is 0 Å². The summed E-state index contributed by atoms with van der Waals surface area (Å²) in [7, 11) is 0. The van der Waals surface area contributed by atoms with Crippen LogP contribution in [0.4, 0.5) is 0 Å². The van der Waals surface area contributed by atoms with Crippen molar-refractivity contribution in [3.8, 4) is 16.8 Å². The van der Waals surface area contributed by atoms with Crippen LogP contribution < -0.4 is 0 Å². The van der Waals surface area contributed by atoms with Gasteiger partial charge < -0.3 is 4.57 Å². The summed E-state index contributed by atoms with van der Waals surface area (Å²) in [5.74, 6) is 0. The number of nitrogens with zero attached hydrogens (tertiary/aromatic N) is 1. The molecule has 46 heavy (non-hydrogen) atoms. The number of hydrogen-bond donors (Lipinski definition) is 0. The Morgan fingerprint density at radius 2 is 0.913 bits per heavy atom. The predicted molar refractivity (Wildman–Crippen MR) is 200 cm³/mol. The zero-order chi connectivity index (χ0) is 29.9. The van der Waals surface area contributed by atoms with Gasteiger partial charge in [0.25, 0.3) is 0 Å². The van der Waals surface area contributed by atoms with E-state index in [0.29, 0.717) is 0 Å². The second-order valence-electron chi connectivity index (χ2n) is 12.4. The first-order chi connectivity index (χ1) is 22.8. The molecule has 0 saturated carbocycles. The van der Waals surface area contributed by atoms with Crippen LogP contribution in [0.1, 0.15) is 0 Å². The highest BCUT2D eigenvalue weighted by atomic mass is 32.1. The molecular formula is C44H25NS. The van der Waals surface area contributed by atoms with Gasteiger partial charge in [0.05, 0.1) is 11.0 Å². The van der Waals surface area contributed by atoms with Crippen LogP contribution in [0.25, 0.3) is 102 Å². The monoisotopic (exact) mass is 599 g/mol. The summed E-state index contributed by atoms with van der Waals surface area (Å²) in [6.07, 6.45) is 0. The average Bonchev–Trinajstić information content (AvgIpc) is 3.66. The first-order valence-corrected chi connectivity index (χ1v) is 16.7. The van der Waals surface area contributed by atoms with Crippen LogP contribution in [-0.2, 0) is 0 Å². The fraction of sp³-hybridized carbons (Fsp3) is 0. The Kier molecular flexibility index (Phi) is 4.78. The van der Waals surface area contributed by atoms with Crippen LogP contribution in [0.5, 0.6) is 0 Å². The third kappa shape index (κ3) is 3.14. The molecule has 0 radical (unpaired) electrons. The lowest BCUT2D eigenvalue weighted by Crippen LogP contribution is -1.94. The number of aromatic nitrogens is 1. The Bertz CT molecular complexity index is 3000. The molecule has 0 saturated heterocycles. The quantitative estimate of drug-likeness (QED) is 0.138. The molecule has 2 heterocycles. The van der Waals surface area contributed by atoms with E-state index in [1.54, 1.807) is 0 Å². The normalized spacial score (nSPS) is 12.3. The minimum Gasteiger partial charge on any atom is -0.309 e. The largest absolute Gasteiger partial charge is 0.309 e. The highest BCUT2D eigenvalue weighted by molar-refractivity contribution is 7.26. The lowest BCUT2D eigenvalue weighted by Gasteiger charge is -2.17. The van der Waals surface area contributed by atoms with Gasteiger partial charge in [0.1, 0.15) is 0 Å². The summed E-state index contributed by atoms with van der Waals surface area (Å²) in [5.41, 5.74) is 6.12. The number of thiophene rings is 1. The fourth-order valence-electron chi connectivity index (χ4n) is 8.22. The second-order valence-corrected chi connectivity index (χ2v) is 13.5. The van der Waals surface area contributed by atoms with E-state index in [0.717, 1.165) is 0 Å². The zero-order valence-electron chi connectivity index (χ0n) is 24.8. The minimum atomic E-state index is 1.18. The molecule has 1 nitrogen and oxygen atoms in total. The molecule has 0 aliphatic carbocycles. The summed E-state index contributed by atoms with van der Waals surface area (Å²) in [5, 5.41) is 16.1. The molecule has 0 N–H and O–H groups in total. The maximum absolute atomic E-state index is 2.48. The van der Waals surface area contributed by atoms with Gasteiger partial charge in [-0.2, -0.15) is 0 Å². The molecule has 0 amide bonds. The van der Waals surface area contributed by atoms with Gasteiger partial charge in [-0.15, -0.1) is 11.3 Å². The van der Waals surface area contributed by atoms with Crippen LogP contribution in [0, 0.1) is 0 Å². The van der Waals surface area contributed by atoms with Crippen LogP contribution >= 0.6 is 11.3 Å². The standard InChI is InChI=1S/C44H25NS/c1-2-10-26(11-3-1)27-20-22-28(23-21-27)45-37-18-6-4-12-31(37)43-33-16-8-14-29-30-15-9-17-34-42(30)36(35(41(29)33)24-38(43)45)25-40-44(34)32-13-5-7-19-39(32)46-40/h1-25H. The average molecular weight is 600 g/mol. The van der Waals surface area contributed by atoms with Gasteiger partial charge in [0.15, 0.2) is 0 Å². The Morgan fingerprint density at radius 1 is 0.326 bits per heavy atom. The van der Waals surface area contributed by atoms with E-state index in [2.05, 4.69) is 156 Å². The first-order valence-electron chi connectivity index (χ1n) is 15.9. The summed E-state index contributed by atoms with van der Waals surface area (Å²) >= 11 is 1.91. The summed E-state index contributed by atoms with van der Waals surface area (Å²) in [4.78, 5) is 0. The van der Waals surface area contributed by atoms with E-state index in [1.807, 2.05) is 11.3 Å². The second kappa shape index (κ2) is 8.94. The predicted octanol–water partition coefficient (Wildman–Crippen LogP) is 12.9. The molecule has 0 unspecified atom stereocenters. The first kappa shape index (κ1) is 24.6. The Hall–Kier alpha value is -5.70. The molecule has 9 aromatic carbocycles. The van der Waals surface area contributed by atoms with Crippen molar-refractivity contribution in [1.82, 2.24) is 4.57 Å². The van der Waals surface area contributed by atoms with E-state index in [4.69, 9.17) is 0 Å². The molecule has 0 atom stereocenters. The van der Waals surface area contributed by atoms with Crippen LogP contribution in [-0.4, -0.2) is 4.57 Å². The van der Waals surface area contributed by atoms with Gasteiger partial charge in [-0.1, -0.05) is 115 Å². The fourth-order valence-corrected chi connectivity index (χ4v) is 9.38. The molecule has 2 aromatic heterocycles. The maximum atomic E-state index is 2.48. The summed E-state index contributed by atoms with van der Waals surface area (Å²) in [6.45, 7) is 0. The van der Waals surface area contributed by atoms with Gasteiger partial charge >= 0.3 is 0 Å². The Labute approximate surface area is 268 Å². The molecule has 0 spiro atoms. The SMILES string of the molecule is c1ccc(-c2ccc(-n3c4ccccc4c4c5cccc6c7cccc8c9c(cc(c(cc43)c65)c78)sc3ccccc39)cc2)cc1. The maximum Gasteiger partial charge on any atom is 0.0553 e. The van der Waals surface area contributed by atoms with E-state index >= 15 is 0 Å². The van der Waals surface area contributed by atoms with E-state index < -0.39 is 0 Å². The Morgan fingerprint density at radius 3 is 1.70 bits per heavy atom. The molecule has 0 aliphatic rings. The van der Waals surface area contributed by atoms with Gasteiger partial charge in [0.2, 0.25) is 0 Å². The number of fused-ring (bicyclic) bond motifs is 10. The lowest BCUT2D eigenvalue weighted by atomic mass is 9.87. The van der Waals surface area contributed by atoms with Crippen molar-refractivity contribution in [3.63, 3.8) is 0 Å². The van der Waals surface area contributed by atoms with Crippen molar-refractivity contribution in [2.75, 3.05) is 0 Å². The third-order valence-corrected chi connectivity index (χ3v) is 11.2. The molecular weight excluding hydrogens is 575 g/mol. The van der Waals surface area contributed by atoms with Crippen molar-refractivity contribution in [1.29, 1.82) is 0 Å². The minimum absolute atomic E-state index is 1.18. The van der Waals surface area contributed by atoms with Crippen molar-refractivity contribution in [2.24, 2.45) is 0 Å². The zero-order valence-corrected chi connectivity index (χ0v) is 25.6. The van der Waals surface area contributed by atoms with Crippen molar-refractivity contribution in [2.45, 2.75) is 0 Å². The molecule has 11 aromatic rings. The summed E-state index contributed by atoms with van der Waals surface area (Å²) in [6, 6.07) is 56.2. The highest BCUT2D eigenvalue weighted by Gasteiger charge is 2.21. The lowest BCUT2D eigenvalue weighted by molar-refractivity contribution is 1.18. The summed E-state index contributed by atoms with van der Waals surface area (Å²) < 4.78 is 5.17.